The van der Waals surface area contributed by atoms with Crippen LogP contribution in [-0.2, 0) is 11.2 Å². The number of piperidine rings is 1. The molecule has 1 fully saturated rings. The number of aromatic nitrogens is 1. The van der Waals surface area contributed by atoms with Crippen molar-refractivity contribution in [3.8, 4) is 0 Å². The van der Waals surface area contributed by atoms with Crippen molar-refractivity contribution in [1.82, 2.24) is 9.88 Å². The highest BCUT2D eigenvalue weighted by molar-refractivity contribution is 5.68. The highest BCUT2D eigenvalue weighted by Crippen LogP contribution is 2.28. The summed E-state index contributed by atoms with van der Waals surface area (Å²) in [5, 5.41) is 0. The summed E-state index contributed by atoms with van der Waals surface area (Å²) in [6, 6.07) is 4.15. The lowest BCUT2D eigenvalue weighted by Crippen LogP contribution is -2.38. The second-order valence-electron chi connectivity index (χ2n) is 8.45. The van der Waals surface area contributed by atoms with Gasteiger partial charge in [-0.3, -0.25) is 0 Å². The number of hydrogen-bond donors (Lipinski definition) is 0. The smallest absolute Gasteiger partial charge is 0.410 e. The molecular formula is C20H30FN3O2. The normalized spacial score (nSPS) is 22.0. The molecule has 5 nitrogen and oxygen atoms in total. The van der Waals surface area contributed by atoms with Crippen molar-refractivity contribution < 1.29 is 13.9 Å². The molecule has 1 saturated heterocycles. The van der Waals surface area contributed by atoms with Crippen LogP contribution in [-0.4, -0.2) is 53.9 Å². The number of rotatable bonds is 1. The van der Waals surface area contributed by atoms with Crippen molar-refractivity contribution in [2.45, 2.75) is 64.6 Å². The highest BCUT2D eigenvalue weighted by Gasteiger charge is 2.28. The van der Waals surface area contributed by atoms with Gasteiger partial charge in [0.1, 0.15) is 17.6 Å². The molecule has 0 spiro atoms. The van der Waals surface area contributed by atoms with E-state index >= 15 is 0 Å². The van der Waals surface area contributed by atoms with Crippen molar-refractivity contribution in [3.63, 3.8) is 0 Å². The molecule has 2 aliphatic rings. The summed E-state index contributed by atoms with van der Waals surface area (Å²) in [5.74, 6) is 1.06. The van der Waals surface area contributed by atoms with Gasteiger partial charge in [-0.2, -0.15) is 0 Å². The number of amides is 1. The minimum Gasteiger partial charge on any atom is -0.444 e. The third kappa shape index (κ3) is 4.46. The second kappa shape index (κ2) is 7.41. The Balaban J connectivity index is 1.74. The van der Waals surface area contributed by atoms with E-state index in [2.05, 4.69) is 17.9 Å². The number of halogens is 1. The summed E-state index contributed by atoms with van der Waals surface area (Å²) in [7, 11) is 0. The van der Waals surface area contributed by atoms with Gasteiger partial charge < -0.3 is 14.5 Å². The molecule has 1 atom stereocenters. The first-order chi connectivity index (χ1) is 12.2. The van der Waals surface area contributed by atoms with E-state index in [1.165, 1.54) is 5.56 Å². The molecule has 0 saturated carbocycles. The fourth-order valence-corrected chi connectivity index (χ4v) is 3.64. The van der Waals surface area contributed by atoms with Crippen LogP contribution in [0.25, 0.3) is 0 Å². The first-order valence-corrected chi connectivity index (χ1v) is 9.59. The number of carbonyl (C=O) groups excluding carboxylic acids is 1. The summed E-state index contributed by atoms with van der Waals surface area (Å²) in [5.41, 5.74) is 1.75. The zero-order chi connectivity index (χ0) is 18.9. The minimum absolute atomic E-state index is 0.138. The average molecular weight is 363 g/mol. The molecule has 1 aromatic heterocycles. The highest BCUT2D eigenvalue weighted by atomic mass is 19.1. The van der Waals surface area contributed by atoms with Crippen LogP contribution in [0.3, 0.4) is 0 Å². The Morgan fingerprint density at radius 2 is 1.92 bits per heavy atom. The second-order valence-corrected chi connectivity index (χ2v) is 8.45. The van der Waals surface area contributed by atoms with Crippen molar-refractivity contribution >= 4 is 11.9 Å². The lowest BCUT2D eigenvalue weighted by atomic mass is 10.0. The van der Waals surface area contributed by atoms with E-state index in [1.54, 1.807) is 4.90 Å². The third-order valence-electron chi connectivity index (χ3n) is 5.01. The van der Waals surface area contributed by atoms with Crippen molar-refractivity contribution in [3.05, 3.63) is 23.4 Å². The minimum atomic E-state index is -0.687. The molecule has 3 rings (SSSR count). The Labute approximate surface area is 155 Å². The molecule has 0 aromatic carbocycles. The molecular weight excluding hydrogens is 333 g/mol. The maximum absolute atomic E-state index is 13.4. The summed E-state index contributed by atoms with van der Waals surface area (Å²) in [6.07, 6.45) is 0.969. The van der Waals surface area contributed by atoms with Gasteiger partial charge in [0.2, 0.25) is 0 Å². The first kappa shape index (κ1) is 18.9. The third-order valence-corrected chi connectivity index (χ3v) is 5.01. The largest absolute Gasteiger partial charge is 0.444 e. The van der Waals surface area contributed by atoms with Crippen molar-refractivity contribution in [2.75, 3.05) is 31.1 Å². The molecule has 0 radical (unpaired) electrons. The molecule has 0 unspecified atom stereocenters. The Morgan fingerprint density at radius 1 is 1.23 bits per heavy atom. The van der Waals surface area contributed by atoms with E-state index in [4.69, 9.17) is 9.72 Å². The molecule has 0 N–H and O–H groups in total. The van der Waals surface area contributed by atoms with Gasteiger partial charge in [0.25, 0.3) is 0 Å². The molecule has 6 heteroatoms. The van der Waals surface area contributed by atoms with Gasteiger partial charge in [-0.25, -0.2) is 14.2 Å². The fraction of sp³-hybridized carbons (Fsp3) is 0.700. The molecule has 144 valence electrons. The van der Waals surface area contributed by atoms with Gasteiger partial charge in [-0.1, -0.05) is 13.0 Å². The molecule has 26 heavy (non-hydrogen) atoms. The van der Waals surface area contributed by atoms with Crippen LogP contribution in [0.5, 0.6) is 0 Å². The zero-order valence-electron chi connectivity index (χ0n) is 16.3. The average Bonchev–Trinajstić information content (AvgIpc) is 2.73. The summed E-state index contributed by atoms with van der Waals surface area (Å²) >= 11 is 0. The fourth-order valence-electron chi connectivity index (χ4n) is 3.64. The van der Waals surface area contributed by atoms with Gasteiger partial charge >= 0.3 is 6.09 Å². The van der Waals surface area contributed by atoms with Crippen LogP contribution in [0.15, 0.2) is 12.1 Å². The maximum atomic E-state index is 13.4. The summed E-state index contributed by atoms with van der Waals surface area (Å²) in [4.78, 5) is 21.3. The van der Waals surface area contributed by atoms with E-state index in [1.807, 2.05) is 26.8 Å². The Bertz CT molecular complexity index is 651. The monoisotopic (exact) mass is 363 g/mol. The SMILES string of the molecule is C[C@@H]1CN(C(=O)OC(C)(C)C)CCc2ccc(N3CCC(F)CC3)nc21. The van der Waals surface area contributed by atoms with Gasteiger partial charge in [-0.05, 0) is 51.7 Å². The van der Waals surface area contributed by atoms with Crippen LogP contribution in [0.1, 0.15) is 57.7 Å². The Kier molecular flexibility index (Phi) is 5.39. The Morgan fingerprint density at radius 3 is 2.58 bits per heavy atom. The number of fused-ring (bicyclic) bond motifs is 1. The maximum Gasteiger partial charge on any atom is 0.410 e. The number of nitrogens with zero attached hydrogens (tertiary/aromatic N) is 3. The zero-order valence-corrected chi connectivity index (χ0v) is 16.3. The van der Waals surface area contributed by atoms with E-state index in [0.717, 1.165) is 17.9 Å². The van der Waals surface area contributed by atoms with Gasteiger partial charge in [0, 0.05) is 32.1 Å². The molecule has 0 aliphatic carbocycles. The van der Waals surface area contributed by atoms with E-state index in [0.29, 0.717) is 39.0 Å². The van der Waals surface area contributed by atoms with Gasteiger partial charge in [0.15, 0.2) is 0 Å². The Hall–Kier alpha value is -1.85. The summed E-state index contributed by atoms with van der Waals surface area (Å²) in [6.45, 7) is 10.4. The van der Waals surface area contributed by atoms with E-state index < -0.39 is 11.8 Å². The first-order valence-electron chi connectivity index (χ1n) is 9.59. The standard InChI is InChI=1S/C20H30FN3O2/c1-14-13-24(19(25)26-20(2,3)4)10-7-15-5-6-17(22-18(14)15)23-11-8-16(21)9-12-23/h5-6,14,16H,7-13H2,1-4H3/t14-/m1/s1. The van der Waals surface area contributed by atoms with Crippen LogP contribution in [0, 0.1) is 0 Å². The predicted molar refractivity (Wildman–Crippen MR) is 101 cm³/mol. The number of anilines is 1. The van der Waals surface area contributed by atoms with Crippen LogP contribution in [0.2, 0.25) is 0 Å². The lowest BCUT2D eigenvalue weighted by Gasteiger charge is -2.30. The predicted octanol–water partition coefficient (Wildman–Crippen LogP) is 3.92. The van der Waals surface area contributed by atoms with E-state index in [-0.39, 0.29) is 12.0 Å². The van der Waals surface area contributed by atoms with Crippen LogP contribution < -0.4 is 4.90 Å². The van der Waals surface area contributed by atoms with Crippen molar-refractivity contribution in [1.29, 1.82) is 0 Å². The summed E-state index contributed by atoms with van der Waals surface area (Å²) < 4.78 is 18.9. The van der Waals surface area contributed by atoms with Crippen molar-refractivity contribution in [2.24, 2.45) is 0 Å². The molecule has 1 aromatic rings. The van der Waals surface area contributed by atoms with E-state index in [9.17, 15) is 9.18 Å². The number of pyridine rings is 1. The molecule has 1 amide bonds. The number of ether oxygens (including phenoxy) is 1. The number of alkyl halides is 1. The lowest BCUT2D eigenvalue weighted by molar-refractivity contribution is 0.0248. The number of carbonyl (C=O) groups is 1. The van der Waals surface area contributed by atoms with Gasteiger partial charge in [0.05, 0.1) is 5.69 Å². The molecule has 2 aliphatic heterocycles. The van der Waals surface area contributed by atoms with Crippen LogP contribution >= 0.6 is 0 Å². The molecule has 3 heterocycles. The molecule has 0 bridgehead atoms. The topological polar surface area (TPSA) is 45.7 Å². The number of hydrogen-bond acceptors (Lipinski definition) is 4. The quantitative estimate of drug-likeness (QED) is 0.759. The van der Waals surface area contributed by atoms with Gasteiger partial charge in [-0.15, -0.1) is 0 Å². The van der Waals surface area contributed by atoms with Crippen LogP contribution in [0.4, 0.5) is 15.0 Å².